The lowest BCUT2D eigenvalue weighted by atomic mass is 10.3. The Morgan fingerprint density at radius 1 is 1.42 bits per heavy atom. The molecular weight excluding hydrogens is 158 g/mol. The molecule has 4 heteroatoms. The van der Waals surface area contributed by atoms with Gasteiger partial charge in [-0.05, 0) is 19.9 Å². The fourth-order valence-corrected chi connectivity index (χ4v) is 0.677. The van der Waals surface area contributed by atoms with E-state index < -0.39 is 0 Å². The number of nitrogens with two attached hydrogens (primary N) is 1. The van der Waals surface area contributed by atoms with E-state index in [1.54, 1.807) is 0 Å². The van der Waals surface area contributed by atoms with Crippen molar-refractivity contribution in [1.29, 1.82) is 0 Å². The van der Waals surface area contributed by atoms with Gasteiger partial charge in [-0.1, -0.05) is 0 Å². The van der Waals surface area contributed by atoms with E-state index in [1.165, 1.54) is 0 Å². The second-order valence-electron chi connectivity index (χ2n) is 2.31. The van der Waals surface area contributed by atoms with Crippen LogP contribution in [-0.2, 0) is 14.3 Å². The third-order valence-corrected chi connectivity index (χ3v) is 1.28. The summed E-state index contributed by atoms with van der Waals surface area (Å²) in [5, 5.41) is 0. The van der Waals surface area contributed by atoms with Crippen molar-refractivity contribution in [2.24, 2.45) is 5.73 Å². The molecule has 4 nitrogen and oxygen atoms in total. The lowest BCUT2D eigenvalue weighted by Gasteiger charge is -2.03. The van der Waals surface area contributed by atoms with Crippen LogP contribution in [0.3, 0.4) is 0 Å². The zero-order valence-corrected chi connectivity index (χ0v) is 7.54. The first kappa shape index (κ1) is 11.4. The molecule has 2 N–H and O–H groups in total. The van der Waals surface area contributed by atoms with Gasteiger partial charge in [0.05, 0.1) is 6.61 Å². The first-order valence-corrected chi connectivity index (χ1v) is 4.24. The normalized spacial score (nSPS) is 9.83. The summed E-state index contributed by atoms with van der Waals surface area (Å²) in [4.78, 5) is 10.8. The highest BCUT2D eigenvalue weighted by Crippen LogP contribution is 1.90. The number of carbonyl (C=O) groups is 1. The highest BCUT2D eigenvalue weighted by atomic mass is 16.6. The Bertz CT molecular complexity index is 117. The standard InChI is InChI=1S/C8H17NO3/c1-2-11-6-7-12-8(10)4-3-5-9/h2-7,9H2,1H3. The second-order valence-corrected chi connectivity index (χ2v) is 2.31. The van der Waals surface area contributed by atoms with Crippen LogP contribution < -0.4 is 5.73 Å². The summed E-state index contributed by atoms with van der Waals surface area (Å²) in [6.07, 6.45) is 1.09. The van der Waals surface area contributed by atoms with Crippen LogP contribution in [0, 0.1) is 0 Å². The van der Waals surface area contributed by atoms with Gasteiger partial charge in [-0.3, -0.25) is 4.79 Å². The smallest absolute Gasteiger partial charge is 0.305 e. The number of esters is 1. The highest BCUT2D eigenvalue weighted by molar-refractivity contribution is 5.69. The van der Waals surface area contributed by atoms with Crippen molar-refractivity contribution >= 4 is 5.97 Å². The molecule has 0 aromatic heterocycles. The minimum absolute atomic E-state index is 0.194. The second kappa shape index (κ2) is 8.49. The molecule has 0 aliphatic carbocycles. The van der Waals surface area contributed by atoms with Gasteiger partial charge < -0.3 is 15.2 Å². The fourth-order valence-electron chi connectivity index (χ4n) is 0.677. The molecule has 0 aromatic carbocycles. The molecule has 0 aliphatic rings. The summed E-state index contributed by atoms with van der Waals surface area (Å²) in [5.74, 6) is -0.194. The van der Waals surface area contributed by atoms with Gasteiger partial charge in [-0.25, -0.2) is 0 Å². The van der Waals surface area contributed by atoms with E-state index in [2.05, 4.69) is 0 Å². The summed E-state index contributed by atoms with van der Waals surface area (Å²) in [6.45, 7) is 3.90. The molecule has 0 aliphatic heterocycles. The van der Waals surface area contributed by atoms with E-state index in [4.69, 9.17) is 15.2 Å². The molecule has 12 heavy (non-hydrogen) atoms. The minimum atomic E-state index is -0.194. The number of ether oxygens (including phenoxy) is 2. The van der Waals surface area contributed by atoms with Crippen LogP contribution in [0.1, 0.15) is 19.8 Å². The van der Waals surface area contributed by atoms with Gasteiger partial charge in [0.2, 0.25) is 0 Å². The monoisotopic (exact) mass is 175 g/mol. The third-order valence-electron chi connectivity index (χ3n) is 1.28. The van der Waals surface area contributed by atoms with Gasteiger partial charge >= 0.3 is 5.97 Å². The summed E-state index contributed by atoms with van der Waals surface area (Å²) < 4.78 is 9.81. The lowest BCUT2D eigenvalue weighted by molar-refractivity contribution is -0.145. The van der Waals surface area contributed by atoms with E-state index in [0.29, 0.717) is 39.2 Å². The molecule has 0 bridgehead atoms. The van der Waals surface area contributed by atoms with Gasteiger partial charge in [-0.2, -0.15) is 0 Å². The van der Waals surface area contributed by atoms with Crippen LogP contribution in [0.5, 0.6) is 0 Å². The summed E-state index contributed by atoms with van der Waals surface area (Å²) in [6, 6.07) is 0. The van der Waals surface area contributed by atoms with E-state index >= 15 is 0 Å². The van der Waals surface area contributed by atoms with Gasteiger partial charge in [0.1, 0.15) is 6.61 Å². The van der Waals surface area contributed by atoms with Gasteiger partial charge in [0, 0.05) is 13.0 Å². The molecule has 0 amide bonds. The van der Waals surface area contributed by atoms with Crippen LogP contribution in [0.4, 0.5) is 0 Å². The molecule has 0 saturated carbocycles. The highest BCUT2D eigenvalue weighted by Gasteiger charge is 2.00. The van der Waals surface area contributed by atoms with Crippen molar-refractivity contribution in [2.75, 3.05) is 26.4 Å². The summed E-state index contributed by atoms with van der Waals surface area (Å²) >= 11 is 0. The molecule has 0 atom stereocenters. The van der Waals surface area contributed by atoms with E-state index in [-0.39, 0.29) is 5.97 Å². The minimum Gasteiger partial charge on any atom is -0.463 e. The maximum absolute atomic E-state index is 10.8. The predicted molar refractivity (Wildman–Crippen MR) is 45.7 cm³/mol. The van der Waals surface area contributed by atoms with Crippen molar-refractivity contribution in [1.82, 2.24) is 0 Å². The molecule has 0 unspecified atom stereocenters. The molecule has 0 saturated heterocycles. The van der Waals surface area contributed by atoms with Gasteiger partial charge in [0.15, 0.2) is 0 Å². The maximum atomic E-state index is 10.8. The molecular formula is C8H17NO3. The van der Waals surface area contributed by atoms with E-state index in [9.17, 15) is 4.79 Å². The molecule has 0 heterocycles. The molecule has 0 radical (unpaired) electrons. The van der Waals surface area contributed by atoms with Crippen molar-refractivity contribution in [3.8, 4) is 0 Å². The predicted octanol–water partition coefficient (Wildman–Crippen LogP) is 0.305. The van der Waals surface area contributed by atoms with Crippen LogP contribution in [-0.4, -0.2) is 32.3 Å². The van der Waals surface area contributed by atoms with Crippen molar-refractivity contribution in [3.05, 3.63) is 0 Å². The Hall–Kier alpha value is -0.610. The molecule has 0 rings (SSSR count). The number of carbonyl (C=O) groups excluding carboxylic acids is 1. The van der Waals surface area contributed by atoms with Crippen molar-refractivity contribution in [2.45, 2.75) is 19.8 Å². The largest absolute Gasteiger partial charge is 0.463 e. The molecule has 0 aromatic rings. The molecule has 0 fully saturated rings. The molecule has 0 spiro atoms. The zero-order valence-electron chi connectivity index (χ0n) is 7.54. The summed E-state index contributed by atoms with van der Waals surface area (Å²) in [5.41, 5.74) is 5.22. The Morgan fingerprint density at radius 3 is 2.75 bits per heavy atom. The first-order chi connectivity index (χ1) is 5.81. The van der Waals surface area contributed by atoms with E-state index in [1.807, 2.05) is 6.92 Å². The first-order valence-electron chi connectivity index (χ1n) is 4.24. The maximum Gasteiger partial charge on any atom is 0.305 e. The topological polar surface area (TPSA) is 61.5 Å². The average molecular weight is 175 g/mol. The van der Waals surface area contributed by atoms with E-state index in [0.717, 1.165) is 0 Å². The number of hydrogen-bond donors (Lipinski definition) is 1. The van der Waals surface area contributed by atoms with Gasteiger partial charge in [-0.15, -0.1) is 0 Å². The van der Waals surface area contributed by atoms with Crippen LogP contribution in [0.15, 0.2) is 0 Å². The van der Waals surface area contributed by atoms with Crippen molar-refractivity contribution in [3.63, 3.8) is 0 Å². The van der Waals surface area contributed by atoms with Crippen LogP contribution in [0.25, 0.3) is 0 Å². The number of rotatable bonds is 7. The third kappa shape index (κ3) is 7.50. The van der Waals surface area contributed by atoms with Crippen molar-refractivity contribution < 1.29 is 14.3 Å². The average Bonchev–Trinajstić information content (AvgIpc) is 2.09. The Labute approximate surface area is 73.0 Å². The zero-order chi connectivity index (χ0) is 9.23. The molecule has 72 valence electrons. The summed E-state index contributed by atoms with van der Waals surface area (Å²) in [7, 11) is 0. The van der Waals surface area contributed by atoms with Gasteiger partial charge in [0.25, 0.3) is 0 Å². The van der Waals surface area contributed by atoms with Crippen LogP contribution >= 0.6 is 0 Å². The SMILES string of the molecule is CCOCCOC(=O)CCCN. The van der Waals surface area contributed by atoms with Crippen LogP contribution in [0.2, 0.25) is 0 Å². The Kier molecular flexibility index (Phi) is 8.05. The fraction of sp³-hybridized carbons (Fsp3) is 0.875. The quantitative estimate of drug-likeness (QED) is 0.446. The lowest BCUT2D eigenvalue weighted by Crippen LogP contribution is -2.12. The Morgan fingerprint density at radius 2 is 2.17 bits per heavy atom. The number of hydrogen-bond acceptors (Lipinski definition) is 4. The Balaban J connectivity index is 3.08.